The molecular weight excluding hydrogens is 352 g/mol. The van der Waals surface area contributed by atoms with Crippen LogP contribution in [-0.4, -0.2) is 5.71 Å². The first kappa shape index (κ1) is 16.4. The summed E-state index contributed by atoms with van der Waals surface area (Å²) >= 11 is 23.9. The van der Waals surface area contributed by atoms with E-state index in [2.05, 4.69) is 5.16 Å². The molecule has 6 heteroatoms. The standard InChI is InChI=1S/C15H11Cl4NO/c1-9(13-5-4-12(17)7-15(13)19)20-21-8-10-2-3-11(16)6-14(10)18/h2-7H,8H2,1H3/b20-9-. The van der Waals surface area contributed by atoms with Crippen molar-refractivity contribution in [3.8, 4) is 0 Å². The molecular formula is C15H11Cl4NO. The van der Waals surface area contributed by atoms with Crippen LogP contribution in [-0.2, 0) is 11.4 Å². The molecule has 0 unspecified atom stereocenters. The number of benzene rings is 2. The minimum atomic E-state index is 0.249. The zero-order chi connectivity index (χ0) is 15.4. The van der Waals surface area contributed by atoms with Crippen molar-refractivity contribution in [3.05, 3.63) is 67.6 Å². The predicted molar refractivity (Wildman–Crippen MR) is 89.9 cm³/mol. The van der Waals surface area contributed by atoms with Crippen LogP contribution in [0.5, 0.6) is 0 Å². The molecule has 110 valence electrons. The molecule has 0 aromatic heterocycles. The minimum Gasteiger partial charge on any atom is -0.391 e. The summed E-state index contributed by atoms with van der Waals surface area (Å²) in [5, 5.41) is 6.26. The molecule has 0 saturated heterocycles. The second-order valence-corrected chi connectivity index (χ2v) is 6.00. The van der Waals surface area contributed by atoms with E-state index >= 15 is 0 Å². The van der Waals surface area contributed by atoms with Crippen LogP contribution in [0.15, 0.2) is 41.6 Å². The number of rotatable bonds is 4. The largest absolute Gasteiger partial charge is 0.391 e. The van der Waals surface area contributed by atoms with Gasteiger partial charge in [-0.1, -0.05) is 63.7 Å². The van der Waals surface area contributed by atoms with E-state index in [0.717, 1.165) is 11.1 Å². The Balaban J connectivity index is 2.06. The van der Waals surface area contributed by atoms with E-state index in [-0.39, 0.29) is 6.61 Å². The van der Waals surface area contributed by atoms with Gasteiger partial charge in [-0.3, -0.25) is 0 Å². The van der Waals surface area contributed by atoms with E-state index in [0.29, 0.717) is 25.8 Å². The molecule has 0 spiro atoms. The van der Waals surface area contributed by atoms with Crippen molar-refractivity contribution in [2.45, 2.75) is 13.5 Å². The normalized spacial score (nSPS) is 11.6. The Hall–Kier alpha value is -0.930. The molecule has 0 radical (unpaired) electrons. The Morgan fingerprint density at radius 3 is 2.19 bits per heavy atom. The van der Waals surface area contributed by atoms with Crippen molar-refractivity contribution in [2.75, 3.05) is 0 Å². The second kappa shape index (κ2) is 7.37. The number of hydrogen-bond acceptors (Lipinski definition) is 2. The topological polar surface area (TPSA) is 21.6 Å². The van der Waals surface area contributed by atoms with Crippen LogP contribution in [0.3, 0.4) is 0 Å². The molecule has 2 rings (SSSR count). The Morgan fingerprint density at radius 1 is 0.952 bits per heavy atom. The molecule has 0 aliphatic heterocycles. The fraction of sp³-hybridized carbons (Fsp3) is 0.133. The summed E-state index contributed by atoms with van der Waals surface area (Å²) in [7, 11) is 0. The lowest BCUT2D eigenvalue weighted by Crippen LogP contribution is -1.98. The van der Waals surface area contributed by atoms with Gasteiger partial charge in [0.25, 0.3) is 0 Å². The molecule has 0 aliphatic rings. The molecule has 21 heavy (non-hydrogen) atoms. The Labute approximate surface area is 143 Å². The van der Waals surface area contributed by atoms with Crippen LogP contribution in [0, 0.1) is 0 Å². The molecule has 0 atom stereocenters. The van der Waals surface area contributed by atoms with Gasteiger partial charge in [0.05, 0.1) is 10.7 Å². The number of halogens is 4. The summed E-state index contributed by atoms with van der Waals surface area (Å²) in [6, 6.07) is 10.4. The van der Waals surface area contributed by atoms with Crippen LogP contribution in [0.25, 0.3) is 0 Å². The highest BCUT2D eigenvalue weighted by Crippen LogP contribution is 2.23. The molecule has 2 nitrogen and oxygen atoms in total. The van der Waals surface area contributed by atoms with E-state index in [9.17, 15) is 0 Å². The van der Waals surface area contributed by atoms with E-state index in [1.54, 1.807) is 43.3 Å². The third-order valence-electron chi connectivity index (χ3n) is 2.76. The van der Waals surface area contributed by atoms with Crippen molar-refractivity contribution in [1.29, 1.82) is 0 Å². The Morgan fingerprint density at radius 2 is 1.57 bits per heavy atom. The van der Waals surface area contributed by atoms with E-state index in [1.807, 2.05) is 0 Å². The van der Waals surface area contributed by atoms with Crippen LogP contribution in [0.4, 0.5) is 0 Å². The number of nitrogens with zero attached hydrogens (tertiary/aromatic N) is 1. The van der Waals surface area contributed by atoms with Gasteiger partial charge in [-0.15, -0.1) is 0 Å². The van der Waals surface area contributed by atoms with Crippen LogP contribution >= 0.6 is 46.4 Å². The lowest BCUT2D eigenvalue weighted by molar-refractivity contribution is 0.130. The van der Waals surface area contributed by atoms with Gasteiger partial charge in [0.15, 0.2) is 0 Å². The van der Waals surface area contributed by atoms with E-state index < -0.39 is 0 Å². The molecule has 2 aromatic carbocycles. The average Bonchev–Trinajstić information content (AvgIpc) is 2.41. The molecule has 0 N–H and O–H groups in total. The Kier molecular flexibility index (Phi) is 5.77. The molecule has 0 aliphatic carbocycles. The van der Waals surface area contributed by atoms with Crippen molar-refractivity contribution >= 4 is 52.1 Å². The summed E-state index contributed by atoms with van der Waals surface area (Å²) < 4.78 is 0. The summed E-state index contributed by atoms with van der Waals surface area (Å²) in [6.07, 6.45) is 0. The quantitative estimate of drug-likeness (QED) is 0.465. The molecule has 2 aromatic rings. The molecule has 0 fully saturated rings. The zero-order valence-electron chi connectivity index (χ0n) is 11.0. The molecule has 0 heterocycles. The lowest BCUT2D eigenvalue weighted by Gasteiger charge is -2.06. The highest BCUT2D eigenvalue weighted by atomic mass is 35.5. The first-order valence-electron chi connectivity index (χ1n) is 6.03. The van der Waals surface area contributed by atoms with Gasteiger partial charge in [-0.05, 0) is 31.2 Å². The van der Waals surface area contributed by atoms with E-state index in [4.69, 9.17) is 51.2 Å². The van der Waals surface area contributed by atoms with Crippen LogP contribution in [0.2, 0.25) is 20.1 Å². The van der Waals surface area contributed by atoms with Crippen molar-refractivity contribution < 1.29 is 4.84 Å². The maximum atomic E-state index is 6.11. The van der Waals surface area contributed by atoms with Gasteiger partial charge in [0, 0.05) is 26.2 Å². The average molecular weight is 363 g/mol. The Bertz CT molecular complexity index is 685. The highest BCUT2D eigenvalue weighted by Gasteiger charge is 2.06. The van der Waals surface area contributed by atoms with Gasteiger partial charge in [0.1, 0.15) is 6.61 Å². The van der Waals surface area contributed by atoms with Crippen molar-refractivity contribution in [1.82, 2.24) is 0 Å². The summed E-state index contributed by atoms with van der Waals surface area (Å²) in [6.45, 7) is 2.05. The molecule has 0 saturated carbocycles. The first-order chi connectivity index (χ1) is 9.97. The zero-order valence-corrected chi connectivity index (χ0v) is 14.1. The van der Waals surface area contributed by atoms with Crippen LogP contribution in [0.1, 0.15) is 18.1 Å². The van der Waals surface area contributed by atoms with Gasteiger partial charge in [-0.25, -0.2) is 0 Å². The predicted octanol–water partition coefficient (Wildman–Crippen LogP) is 6.24. The van der Waals surface area contributed by atoms with E-state index in [1.165, 1.54) is 0 Å². The maximum absolute atomic E-state index is 6.11. The fourth-order valence-electron chi connectivity index (χ4n) is 1.67. The summed E-state index contributed by atoms with van der Waals surface area (Å²) in [5.41, 5.74) is 2.23. The first-order valence-corrected chi connectivity index (χ1v) is 7.54. The second-order valence-electron chi connectivity index (χ2n) is 4.31. The summed E-state index contributed by atoms with van der Waals surface area (Å²) in [4.78, 5) is 5.31. The third kappa shape index (κ3) is 4.52. The van der Waals surface area contributed by atoms with Crippen molar-refractivity contribution in [3.63, 3.8) is 0 Å². The fourth-order valence-corrected chi connectivity index (χ4v) is 2.68. The molecule has 0 amide bonds. The molecule has 0 bridgehead atoms. The number of hydrogen-bond donors (Lipinski definition) is 0. The van der Waals surface area contributed by atoms with Gasteiger partial charge in [-0.2, -0.15) is 0 Å². The lowest BCUT2D eigenvalue weighted by atomic mass is 10.1. The smallest absolute Gasteiger partial charge is 0.143 e. The number of oxime groups is 1. The minimum absolute atomic E-state index is 0.249. The van der Waals surface area contributed by atoms with Gasteiger partial charge in [0.2, 0.25) is 0 Å². The SMILES string of the molecule is C/C(=N/OCc1ccc(Cl)cc1Cl)c1ccc(Cl)cc1Cl. The monoisotopic (exact) mass is 361 g/mol. The third-order valence-corrected chi connectivity index (χ3v) is 3.89. The summed E-state index contributed by atoms with van der Waals surface area (Å²) in [5.74, 6) is 0. The highest BCUT2D eigenvalue weighted by molar-refractivity contribution is 6.37. The van der Waals surface area contributed by atoms with Gasteiger partial charge >= 0.3 is 0 Å². The maximum Gasteiger partial charge on any atom is 0.143 e. The van der Waals surface area contributed by atoms with Gasteiger partial charge < -0.3 is 4.84 Å². The van der Waals surface area contributed by atoms with Crippen LogP contribution < -0.4 is 0 Å². The van der Waals surface area contributed by atoms with Crippen molar-refractivity contribution in [2.24, 2.45) is 5.16 Å².